The third-order valence-corrected chi connectivity index (χ3v) is 3.21. The maximum atomic E-state index is 5.92. The summed E-state index contributed by atoms with van der Waals surface area (Å²) in [7, 11) is 0. The van der Waals surface area contributed by atoms with Crippen molar-refractivity contribution in [1.82, 2.24) is 9.97 Å². The van der Waals surface area contributed by atoms with Crippen LogP contribution in [0.25, 0.3) is 0 Å². The number of nitrogens with zero attached hydrogens (tertiary/aromatic N) is 3. The van der Waals surface area contributed by atoms with Crippen molar-refractivity contribution in [3.63, 3.8) is 0 Å². The van der Waals surface area contributed by atoms with Gasteiger partial charge in [-0.15, -0.1) is 0 Å². The van der Waals surface area contributed by atoms with E-state index in [0.717, 1.165) is 17.1 Å². The Labute approximate surface area is 131 Å². The third kappa shape index (κ3) is 4.28. The molecule has 0 aliphatic carbocycles. The van der Waals surface area contributed by atoms with E-state index in [4.69, 9.17) is 5.73 Å². The molecular weight excluding hydrogens is 274 g/mol. The van der Waals surface area contributed by atoms with Gasteiger partial charge in [-0.2, -0.15) is 4.99 Å². The topological polar surface area (TPSA) is 76.2 Å². The molecule has 5 nitrogen and oxygen atoms in total. The number of guanidine groups is 1. The van der Waals surface area contributed by atoms with E-state index in [0.29, 0.717) is 5.95 Å². The van der Waals surface area contributed by atoms with Crippen molar-refractivity contribution in [1.29, 1.82) is 0 Å². The Hall–Kier alpha value is -2.43. The van der Waals surface area contributed by atoms with Gasteiger partial charge >= 0.3 is 0 Å². The molecule has 0 unspecified atom stereocenters. The van der Waals surface area contributed by atoms with Gasteiger partial charge in [-0.25, -0.2) is 9.97 Å². The fourth-order valence-electron chi connectivity index (χ4n) is 2.09. The van der Waals surface area contributed by atoms with Crippen LogP contribution in [0.4, 0.5) is 11.6 Å². The van der Waals surface area contributed by atoms with Crippen molar-refractivity contribution >= 4 is 17.6 Å². The van der Waals surface area contributed by atoms with Gasteiger partial charge in [0.25, 0.3) is 5.95 Å². The summed E-state index contributed by atoms with van der Waals surface area (Å²) < 4.78 is 0. The van der Waals surface area contributed by atoms with Crippen LogP contribution >= 0.6 is 0 Å². The number of anilines is 1. The molecule has 0 spiro atoms. The summed E-state index contributed by atoms with van der Waals surface area (Å²) in [6, 6.07) is 10.1. The normalized spacial score (nSPS) is 12.3. The van der Waals surface area contributed by atoms with E-state index in [2.05, 4.69) is 53.2 Å². The first-order chi connectivity index (χ1) is 10.2. The maximum Gasteiger partial charge on any atom is 0.253 e. The number of hydrogen-bond acceptors (Lipinski definition) is 3. The molecule has 0 radical (unpaired) electrons. The summed E-state index contributed by atoms with van der Waals surface area (Å²) in [6.07, 6.45) is 0. The SMILES string of the molecule is Cc1cc(C)nc(/N=C(/N)Nc2ccc(C(C)(C)C)cc2)n1. The van der Waals surface area contributed by atoms with Gasteiger partial charge in [0.1, 0.15) is 0 Å². The molecule has 1 heterocycles. The van der Waals surface area contributed by atoms with Crippen LogP contribution in [-0.4, -0.2) is 15.9 Å². The van der Waals surface area contributed by atoms with Crippen LogP contribution in [0.15, 0.2) is 35.3 Å². The van der Waals surface area contributed by atoms with Gasteiger partial charge < -0.3 is 11.1 Å². The van der Waals surface area contributed by atoms with Gasteiger partial charge in [0.2, 0.25) is 5.96 Å². The zero-order valence-corrected chi connectivity index (χ0v) is 13.8. The molecule has 22 heavy (non-hydrogen) atoms. The van der Waals surface area contributed by atoms with Gasteiger partial charge in [-0.1, -0.05) is 32.9 Å². The van der Waals surface area contributed by atoms with E-state index < -0.39 is 0 Å². The number of aryl methyl sites for hydroxylation is 2. The van der Waals surface area contributed by atoms with Crippen LogP contribution in [0.1, 0.15) is 37.7 Å². The highest BCUT2D eigenvalue weighted by atomic mass is 15.2. The van der Waals surface area contributed by atoms with Crippen molar-refractivity contribution in [3.05, 3.63) is 47.3 Å². The monoisotopic (exact) mass is 297 g/mol. The molecule has 5 heteroatoms. The smallest absolute Gasteiger partial charge is 0.253 e. The van der Waals surface area contributed by atoms with Crippen LogP contribution in [0.3, 0.4) is 0 Å². The van der Waals surface area contributed by atoms with Crippen molar-refractivity contribution < 1.29 is 0 Å². The number of benzene rings is 1. The summed E-state index contributed by atoms with van der Waals surface area (Å²) in [6.45, 7) is 10.4. The number of rotatable bonds is 2. The molecule has 2 rings (SSSR count). The molecule has 0 aliphatic heterocycles. The van der Waals surface area contributed by atoms with E-state index in [1.54, 1.807) is 0 Å². The highest BCUT2D eigenvalue weighted by Gasteiger charge is 2.12. The Morgan fingerprint density at radius 1 is 1.05 bits per heavy atom. The Kier molecular flexibility index (Phi) is 4.45. The second kappa shape index (κ2) is 6.13. The van der Waals surface area contributed by atoms with Crippen LogP contribution in [0.2, 0.25) is 0 Å². The van der Waals surface area contributed by atoms with Crippen LogP contribution in [0.5, 0.6) is 0 Å². The largest absolute Gasteiger partial charge is 0.369 e. The Balaban J connectivity index is 2.14. The minimum absolute atomic E-state index is 0.130. The van der Waals surface area contributed by atoms with Crippen molar-refractivity contribution in [2.45, 2.75) is 40.0 Å². The predicted molar refractivity (Wildman–Crippen MR) is 91.6 cm³/mol. The average molecular weight is 297 g/mol. The van der Waals surface area contributed by atoms with E-state index in [1.807, 2.05) is 32.0 Å². The lowest BCUT2D eigenvalue weighted by Gasteiger charge is -2.19. The summed E-state index contributed by atoms with van der Waals surface area (Å²) in [5, 5.41) is 3.06. The molecule has 3 N–H and O–H groups in total. The van der Waals surface area contributed by atoms with E-state index >= 15 is 0 Å². The molecule has 0 saturated carbocycles. The van der Waals surface area contributed by atoms with Gasteiger partial charge in [0.15, 0.2) is 0 Å². The summed E-state index contributed by atoms with van der Waals surface area (Å²) >= 11 is 0. The lowest BCUT2D eigenvalue weighted by molar-refractivity contribution is 0.590. The standard InChI is InChI=1S/C17H23N5/c1-11-10-12(2)20-16(19-11)22-15(18)21-14-8-6-13(7-9-14)17(3,4)5/h6-10H,1-5H3,(H3,18,19,20,21,22). The Morgan fingerprint density at radius 3 is 2.09 bits per heavy atom. The lowest BCUT2D eigenvalue weighted by Crippen LogP contribution is -2.22. The molecule has 0 bridgehead atoms. The second-order valence-electron chi connectivity index (χ2n) is 6.40. The molecule has 116 valence electrons. The highest BCUT2D eigenvalue weighted by Crippen LogP contribution is 2.23. The van der Waals surface area contributed by atoms with Crippen molar-refractivity contribution in [3.8, 4) is 0 Å². The second-order valence-corrected chi connectivity index (χ2v) is 6.40. The minimum Gasteiger partial charge on any atom is -0.369 e. The summed E-state index contributed by atoms with van der Waals surface area (Å²) in [4.78, 5) is 12.7. The first-order valence-electron chi connectivity index (χ1n) is 7.28. The zero-order chi connectivity index (χ0) is 16.3. The number of aliphatic imine (C=N–C) groups is 1. The predicted octanol–water partition coefficient (Wildman–Crippen LogP) is 3.45. The maximum absolute atomic E-state index is 5.92. The van der Waals surface area contributed by atoms with Gasteiger partial charge in [-0.3, -0.25) is 0 Å². The van der Waals surface area contributed by atoms with E-state index in [1.165, 1.54) is 5.56 Å². The molecule has 1 aromatic carbocycles. The number of hydrogen-bond donors (Lipinski definition) is 2. The average Bonchev–Trinajstić information content (AvgIpc) is 2.36. The molecule has 1 aromatic heterocycles. The first-order valence-corrected chi connectivity index (χ1v) is 7.28. The Bertz CT molecular complexity index is 661. The van der Waals surface area contributed by atoms with E-state index in [9.17, 15) is 0 Å². The van der Waals surface area contributed by atoms with Crippen LogP contribution < -0.4 is 11.1 Å². The van der Waals surface area contributed by atoms with Crippen molar-refractivity contribution in [2.75, 3.05) is 5.32 Å². The lowest BCUT2D eigenvalue weighted by atomic mass is 9.87. The van der Waals surface area contributed by atoms with Gasteiger partial charge in [0.05, 0.1) is 0 Å². The summed E-state index contributed by atoms with van der Waals surface area (Å²) in [5.74, 6) is 0.641. The third-order valence-electron chi connectivity index (χ3n) is 3.21. The first kappa shape index (κ1) is 15.9. The number of nitrogens with one attached hydrogen (secondary N) is 1. The molecule has 0 amide bonds. The fourth-order valence-corrected chi connectivity index (χ4v) is 2.09. The molecule has 0 saturated heterocycles. The fraction of sp³-hybridized carbons (Fsp3) is 0.353. The Morgan fingerprint density at radius 2 is 1.59 bits per heavy atom. The molecular formula is C17H23N5. The number of nitrogens with two attached hydrogens (primary N) is 1. The van der Waals surface area contributed by atoms with E-state index in [-0.39, 0.29) is 11.4 Å². The highest BCUT2D eigenvalue weighted by molar-refractivity contribution is 5.93. The van der Waals surface area contributed by atoms with Crippen LogP contribution in [0, 0.1) is 13.8 Å². The van der Waals surface area contributed by atoms with Crippen LogP contribution in [-0.2, 0) is 5.41 Å². The van der Waals surface area contributed by atoms with Gasteiger partial charge in [-0.05, 0) is 43.0 Å². The molecule has 0 aliphatic rings. The molecule has 2 aromatic rings. The molecule has 0 atom stereocenters. The van der Waals surface area contributed by atoms with Crippen molar-refractivity contribution in [2.24, 2.45) is 10.7 Å². The summed E-state index contributed by atoms with van der Waals surface area (Å²) in [5.41, 5.74) is 9.95. The molecule has 0 fully saturated rings. The quantitative estimate of drug-likeness (QED) is 0.657. The number of aromatic nitrogens is 2. The van der Waals surface area contributed by atoms with Gasteiger partial charge in [0, 0.05) is 17.1 Å². The minimum atomic E-state index is 0.130. The zero-order valence-electron chi connectivity index (χ0n) is 13.8.